The number of amides is 2. The lowest BCUT2D eigenvalue weighted by atomic mass is 10.0. The number of nitrogens with one attached hydrogen (secondary N) is 2. The number of β-lactam (4-membered cyclic amide) rings is 1. The number of carboxylic acid groups (broad SMARTS) is 1. The van der Waals surface area contributed by atoms with Crippen molar-refractivity contribution in [1.29, 1.82) is 0 Å². The Hall–Kier alpha value is -2.60. The number of fused-ring (bicyclic) bond motifs is 1. The lowest BCUT2D eigenvalue weighted by Gasteiger charge is -2.49. The third-order valence-corrected chi connectivity index (χ3v) is 6.37. The molecule has 2 aliphatic heterocycles. The van der Waals surface area contributed by atoms with Crippen LogP contribution in [0.3, 0.4) is 0 Å². The maximum Gasteiger partial charge on any atom is 0.352 e. The van der Waals surface area contributed by atoms with Gasteiger partial charge in [-0.15, -0.1) is 23.1 Å². The van der Waals surface area contributed by atoms with E-state index in [2.05, 4.69) is 15.6 Å². The van der Waals surface area contributed by atoms with Crippen molar-refractivity contribution in [3.05, 3.63) is 22.3 Å². The molecule has 12 heteroatoms. The molecular formula is C16H18N4O6S2. The van der Waals surface area contributed by atoms with Gasteiger partial charge in [-0.1, -0.05) is 0 Å². The van der Waals surface area contributed by atoms with Gasteiger partial charge in [0.05, 0.1) is 12.1 Å². The molecule has 1 unspecified atom stereocenters. The van der Waals surface area contributed by atoms with Crippen molar-refractivity contribution in [3.63, 3.8) is 0 Å². The lowest BCUT2D eigenvalue weighted by molar-refractivity contribution is -0.151. The maximum absolute atomic E-state index is 12.5. The van der Waals surface area contributed by atoms with Crippen LogP contribution in [-0.2, 0) is 30.3 Å². The topological polar surface area (TPSA) is 138 Å². The molecule has 0 bridgehead atoms. The first-order chi connectivity index (χ1) is 13.3. The van der Waals surface area contributed by atoms with Crippen LogP contribution in [0.25, 0.3) is 0 Å². The van der Waals surface area contributed by atoms with Gasteiger partial charge >= 0.3 is 11.9 Å². The van der Waals surface area contributed by atoms with Crippen LogP contribution in [0.15, 0.2) is 16.7 Å². The highest BCUT2D eigenvalue weighted by Gasteiger charge is 2.54. The average Bonchev–Trinajstić information content (AvgIpc) is 3.10. The van der Waals surface area contributed by atoms with Crippen molar-refractivity contribution in [2.24, 2.45) is 0 Å². The average molecular weight is 426 g/mol. The zero-order valence-electron chi connectivity index (χ0n) is 15.1. The summed E-state index contributed by atoms with van der Waals surface area (Å²) in [5.74, 6) is -2.39. The minimum absolute atomic E-state index is 0.0265. The highest BCUT2D eigenvalue weighted by molar-refractivity contribution is 8.00. The number of thiazole rings is 1. The summed E-state index contributed by atoms with van der Waals surface area (Å²) in [6, 6.07) is -0.801. The minimum Gasteiger partial charge on any atom is -0.477 e. The lowest BCUT2D eigenvalue weighted by Crippen LogP contribution is -2.70. The van der Waals surface area contributed by atoms with Crippen molar-refractivity contribution in [2.45, 2.75) is 24.8 Å². The van der Waals surface area contributed by atoms with Gasteiger partial charge in [-0.05, 0) is 0 Å². The molecule has 0 saturated carbocycles. The SMILES string of the molecule is CNc1nc(CC(=O)NC2C(=O)N3C(C(=O)O)=C(COC(C)=O)CS[C@H]23)cs1. The molecule has 150 valence electrons. The molecule has 10 nitrogen and oxygen atoms in total. The van der Waals surface area contributed by atoms with E-state index >= 15 is 0 Å². The smallest absolute Gasteiger partial charge is 0.352 e. The van der Waals surface area contributed by atoms with E-state index in [1.165, 1.54) is 30.0 Å². The number of carbonyl (C=O) groups excluding carboxylic acids is 3. The van der Waals surface area contributed by atoms with Crippen molar-refractivity contribution in [3.8, 4) is 0 Å². The molecule has 0 spiro atoms. The fourth-order valence-corrected chi connectivity index (χ4v) is 4.87. The Morgan fingerprint density at radius 1 is 1.43 bits per heavy atom. The second-order valence-electron chi connectivity index (χ2n) is 6.06. The summed E-state index contributed by atoms with van der Waals surface area (Å²) in [5, 5.41) is 17.0. The Morgan fingerprint density at radius 2 is 2.18 bits per heavy atom. The molecule has 0 radical (unpaired) electrons. The van der Waals surface area contributed by atoms with Gasteiger partial charge in [0.25, 0.3) is 5.91 Å². The first-order valence-electron chi connectivity index (χ1n) is 8.26. The predicted molar refractivity (Wildman–Crippen MR) is 102 cm³/mol. The summed E-state index contributed by atoms with van der Waals surface area (Å²) in [4.78, 5) is 52.8. The van der Waals surface area contributed by atoms with Crippen molar-refractivity contribution < 1.29 is 29.0 Å². The van der Waals surface area contributed by atoms with Gasteiger partial charge in [-0.3, -0.25) is 19.3 Å². The van der Waals surface area contributed by atoms with Gasteiger partial charge in [0.1, 0.15) is 23.7 Å². The summed E-state index contributed by atoms with van der Waals surface area (Å²) in [7, 11) is 1.73. The van der Waals surface area contributed by atoms with Gasteiger partial charge in [0, 0.05) is 30.7 Å². The number of carbonyl (C=O) groups is 4. The largest absolute Gasteiger partial charge is 0.477 e. The van der Waals surface area contributed by atoms with Crippen LogP contribution in [-0.4, -0.2) is 69.6 Å². The number of anilines is 1. The second kappa shape index (κ2) is 8.19. The number of aliphatic carboxylic acids is 1. The Kier molecular flexibility index (Phi) is 5.89. The number of nitrogens with zero attached hydrogens (tertiary/aromatic N) is 2. The molecule has 28 heavy (non-hydrogen) atoms. The summed E-state index contributed by atoms with van der Waals surface area (Å²) in [6.45, 7) is 1.04. The monoisotopic (exact) mass is 426 g/mol. The van der Waals surface area contributed by atoms with Gasteiger partial charge in [-0.2, -0.15) is 0 Å². The van der Waals surface area contributed by atoms with Crippen molar-refractivity contribution in [2.75, 3.05) is 24.7 Å². The maximum atomic E-state index is 12.5. The van der Waals surface area contributed by atoms with Crippen LogP contribution >= 0.6 is 23.1 Å². The fourth-order valence-electron chi connectivity index (χ4n) is 2.88. The van der Waals surface area contributed by atoms with Gasteiger partial charge in [-0.25, -0.2) is 9.78 Å². The van der Waals surface area contributed by atoms with E-state index < -0.39 is 29.3 Å². The van der Waals surface area contributed by atoms with E-state index in [0.29, 0.717) is 16.4 Å². The zero-order valence-corrected chi connectivity index (χ0v) is 16.7. The summed E-state index contributed by atoms with van der Waals surface area (Å²) in [6.07, 6.45) is 0.0265. The van der Waals surface area contributed by atoms with Crippen LogP contribution in [0.1, 0.15) is 12.6 Å². The van der Waals surface area contributed by atoms with Crippen LogP contribution in [0.5, 0.6) is 0 Å². The Bertz CT molecular complexity index is 867. The standard InChI is InChI=1S/C16H18N4O6S2/c1-7(21)26-4-8-5-27-14-11(13(23)20(14)12(8)15(24)25)19-10(22)3-9-6-28-16(17-2)18-9/h6,11,14H,3-5H2,1-2H3,(H,17,18)(H,19,22)(H,24,25)/t11?,14-/m1/s1. The zero-order chi connectivity index (χ0) is 20.4. The molecule has 1 saturated heterocycles. The normalized spacial score (nSPS) is 20.9. The van der Waals surface area contributed by atoms with Crippen LogP contribution < -0.4 is 10.6 Å². The number of carboxylic acids is 1. The predicted octanol–water partition coefficient (Wildman–Crippen LogP) is 0.0290. The number of rotatable bonds is 7. The first kappa shape index (κ1) is 20.1. The molecular weight excluding hydrogens is 408 g/mol. The van der Waals surface area contributed by atoms with E-state index in [-0.39, 0.29) is 30.4 Å². The van der Waals surface area contributed by atoms with Crippen LogP contribution in [0.4, 0.5) is 5.13 Å². The summed E-state index contributed by atoms with van der Waals surface area (Å²) >= 11 is 2.69. The highest BCUT2D eigenvalue weighted by Crippen LogP contribution is 2.40. The third-order valence-electron chi connectivity index (χ3n) is 4.12. The van der Waals surface area contributed by atoms with Gasteiger partial charge < -0.3 is 20.5 Å². The van der Waals surface area contributed by atoms with Crippen molar-refractivity contribution >= 4 is 52.0 Å². The molecule has 2 aliphatic rings. The number of hydrogen-bond acceptors (Lipinski definition) is 9. The molecule has 1 aromatic rings. The third kappa shape index (κ3) is 3.97. The Labute approximate surface area is 168 Å². The van der Waals surface area contributed by atoms with E-state index in [1.54, 1.807) is 12.4 Å². The number of ether oxygens (including phenoxy) is 1. The summed E-state index contributed by atoms with van der Waals surface area (Å²) < 4.78 is 4.88. The van der Waals surface area contributed by atoms with E-state index in [9.17, 15) is 24.3 Å². The van der Waals surface area contributed by atoms with Crippen molar-refractivity contribution in [1.82, 2.24) is 15.2 Å². The quantitative estimate of drug-likeness (QED) is 0.407. The van der Waals surface area contributed by atoms with E-state index in [1.807, 2.05) is 0 Å². The van der Waals surface area contributed by atoms with Crippen LogP contribution in [0, 0.1) is 0 Å². The molecule has 3 heterocycles. The molecule has 3 rings (SSSR count). The minimum atomic E-state index is -1.27. The first-order valence-corrected chi connectivity index (χ1v) is 10.2. The molecule has 2 atom stereocenters. The van der Waals surface area contributed by atoms with Gasteiger partial charge in [0.15, 0.2) is 5.13 Å². The number of esters is 1. The summed E-state index contributed by atoms with van der Waals surface area (Å²) in [5.41, 5.74) is 0.754. The molecule has 3 N–H and O–H groups in total. The van der Waals surface area contributed by atoms with Gasteiger partial charge in [0.2, 0.25) is 5.91 Å². The molecule has 1 aromatic heterocycles. The Balaban J connectivity index is 1.66. The number of hydrogen-bond donors (Lipinski definition) is 3. The molecule has 2 amide bonds. The molecule has 0 aromatic carbocycles. The molecule has 1 fully saturated rings. The molecule has 0 aliphatic carbocycles. The number of aromatic nitrogens is 1. The highest BCUT2D eigenvalue weighted by atomic mass is 32.2. The Morgan fingerprint density at radius 3 is 2.79 bits per heavy atom. The van der Waals surface area contributed by atoms with Crippen LogP contribution in [0.2, 0.25) is 0 Å². The number of thioether (sulfide) groups is 1. The second-order valence-corrected chi connectivity index (χ2v) is 8.03. The van der Waals surface area contributed by atoms with E-state index in [4.69, 9.17) is 4.74 Å². The van der Waals surface area contributed by atoms with E-state index in [0.717, 1.165) is 4.90 Å². The fraction of sp³-hybridized carbons (Fsp3) is 0.438.